The molecule has 6 rings (SSSR count). The van der Waals surface area contributed by atoms with E-state index in [2.05, 4.69) is 25.3 Å². The van der Waals surface area contributed by atoms with E-state index in [1.807, 2.05) is 18.2 Å². The van der Waals surface area contributed by atoms with Crippen molar-refractivity contribution in [3.63, 3.8) is 0 Å². The van der Waals surface area contributed by atoms with E-state index >= 15 is 0 Å². The van der Waals surface area contributed by atoms with Gasteiger partial charge in [-0.05, 0) is 29.8 Å². The summed E-state index contributed by atoms with van der Waals surface area (Å²) in [6, 6.07) is 16.2. The number of nitrogens with zero attached hydrogens (tertiary/aromatic N) is 4. The molecule has 4 aromatic rings. The molecule has 1 aliphatic heterocycles. The van der Waals surface area contributed by atoms with Gasteiger partial charge in [-0.2, -0.15) is 4.98 Å². The molecule has 0 bridgehead atoms. The molecule has 1 saturated heterocycles. The van der Waals surface area contributed by atoms with Crippen LogP contribution in [-0.4, -0.2) is 57.7 Å². The topological polar surface area (TPSA) is 118 Å². The molecule has 0 spiro atoms. The van der Waals surface area contributed by atoms with Gasteiger partial charge >= 0.3 is 12.0 Å². The quantitative estimate of drug-likeness (QED) is 0.344. The van der Waals surface area contributed by atoms with Crippen LogP contribution >= 0.6 is 11.6 Å². The van der Waals surface area contributed by atoms with Gasteiger partial charge in [-0.25, -0.2) is 9.78 Å². The molecule has 2 aromatic heterocycles. The molecule has 2 aromatic carbocycles. The van der Waals surface area contributed by atoms with E-state index in [0.29, 0.717) is 58.4 Å². The van der Waals surface area contributed by atoms with Gasteiger partial charge in [0.1, 0.15) is 5.65 Å². The summed E-state index contributed by atoms with van der Waals surface area (Å²) in [4.78, 5) is 48.2. The minimum atomic E-state index is -0.308. The Kier molecular flexibility index (Phi) is 6.63. The Morgan fingerprint density at radius 1 is 1.07 bits per heavy atom. The third-order valence-electron chi connectivity index (χ3n) is 7.67. The Bertz CT molecular complexity index is 1680. The number of halogens is 1. The highest BCUT2D eigenvalue weighted by Gasteiger charge is 2.57. The fraction of sp³-hybridized carbons (Fsp3) is 0.276. The zero-order valence-electron chi connectivity index (χ0n) is 21.9. The first kappa shape index (κ1) is 25.8. The summed E-state index contributed by atoms with van der Waals surface area (Å²) in [5.41, 5.74) is 3.00. The molecular weight excluding hydrogens is 532 g/mol. The van der Waals surface area contributed by atoms with Crippen LogP contribution in [0.25, 0.3) is 22.2 Å². The van der Waals surface area contributed by atoms with Gasteiger partial charge in [-0.15, -0.1) is 0 Å². The van der Waals surface area contributed by atoms with Crippen LogP contribution in [0.2, 0.25) is 5.02 Å². The number of urea groups is 1. The number of nitrogens with one attached hydrogen (secondary N) is 2. The van der Waals surface area contributed by atoms with E-state index in [1.165, 1.54) is 11.7 Å². The Labute approximate surface area is 234 Å². The average Bonchev–Trinajstić information content (AvgIpc) is 3.37. The minimum Gasteiger partial charge on any atom is -0.469 e. The summed E-state index contributed by atoms with van der Waals surface area (Å²) in [7, 11) is 3.05. The Balaban J connectivity index is 1.08. The molecule has 2 atom stereocenters. The lowest BCUT2D eigenvalue weighted by molar-refractivity contribution is -0.139. The van der Waals surface area contributed by atoms with E-state index in [-0.39, 0.29) is 30.0 Å². The monoisotopic (exact) mass is 558 g/mol. The first-order valence-electron chi connectivity index (χ1n) is 12.9. The number of aryl methyl sites for hydroxylation is 1. The molecular formula is C29H27ClN6O4. The summed E-state index contributed by atoms with van der Waals surface area (Å²) >= 11 is 6.33. The number of hydrogen-bond acceptors (Lipinski definition) is 7. The number of aromatic nitrogens is 3. The first-order valence-corrected chi connectivity index (χ1v) is 13.3. The lowest BCUT2D eigenvalue weighted by Crippen LogP contribution is -2.37. The summed E-state index contributed by atoms with van der Waals surface area (Å²) in [6.07, 6.45) is 1.90. The number of fused-ring (bicyclic) bond motifs is 2. The van der Waals surface area contributed by atoms with Gasteiger partial charge in [0, 0.05) is 71.4 Å². The molecule has 2 aliphatic rings. The van der Waals surface area contributed by atoms with Crippen molar-refractivity contribution >= 4 is 46.3 Å². The van der Waals surface area contributed by atoms with Gasteiger partial charge in [-0.1, -0.05) is 41.9 Å². The van der Waals surface area contributed by atoms with Crippen molar-refractivity contribution in [2.75, 3.05) is 30.8 Å². The third-order valence-corrected chi connectivity index (χ3v) is 8.00. The van der Waals surface area contributed by atoms with Crippen LogP contribution in [0, 0.1) is 11.8 Å². The Morgan fingerprint density at radius 3 is 2.50 bits per heavy atom. The van der Waals surface area contributed by atoms with Crippen molar-refractivity contribution in [3.05, 3.63) is 81.7 Å². The zero-order chi connectivity index (χ0) is 28.0. The standard InChI is InChI=1S/C29H27ClN6O4/c1-35-26-17(12-20(27(35)38)19-5-3-4-6-23(19)30)13-31-28(34-26)33-25-21-14-36(15-22(21)25)29(39)32-18-9-7-16(8-10-18)11-24(37)40-2/h3-10,12-13,21-22,25H,11,14-15H2,1-2H3,(H,32,39)(H,31,33,34). The van der Waals surface area contributed by atoms with Gasteiger partial charge < -0.3 is 20.3 Å². The lowest BCUT2D eigenvalue weighted by atomic mass is 10.1. The van der Waals surface area contributed by atoms with Crippen molar-refractivity contribution in [1.29, 1.82) is 0 Å². The molecule has 3 heterocycles. The summed E-state index contributed by atoms with van der Waals surface area (Å²) in [5.74, 6) is 0.755. The average molecular weight is 559 g/mol. The number of carbonyl (C=O) groups excluding carboxylic acids is 2. The van der Waals surface area contributed by atoms with Crippen molar-refractivity contribution < 1.29 is 14.3 Å². The van der Waals surface area contributed by atoms with Crippen molar-refractivity contribution in [3.8, 4) is 11.1 Å². The van der Waals surface area contributed by atoms with Crippen LogP contribution in [0.3, 0.4) is 0 Å². The SMILES string of the molecule is COC(=O)Cc1ccc(NC(=O)N2CC3C(C2)C3Nc2ncc3cc(-c4ccccc4Cl)c(=O)n(C)c3n2)cc1. The maximum Gasteiger partial charge on any atom is 0.321 e. The second-order valence-electron chi connectivity index (χ2n) is 10.2. The molecule has 2 fully saturated rings. The molecule has 2 unspecified atom stereocenters. The van der Waals surface area contributed by atoms with Crippen LogP contribution in [0.15, 0.2) is 65.6 Å². The van der Waals surface area contributed by atoms with Gasteiger partial charge in [0.15, 0.2) is 0 Å². The van der Waals surface area contributed by atoms with Crippen molar-refractivity contribution in [2.24, 2.45) is 18.9 Å². The number of likely N-dealkylation sites (tertiary alicyclic amines) is 1. The predicted molar refractivity (Wildman–Crippen MR) is 152 cm³/mol. The highest BCUT2D eigenvalue weighted by Crippen LogP contribution is 2.47. The molecule has 11 heteroatoms. The third kappa shape index (κ3) is 4.86. The number of hydrogen-bond donors (Lipinski definition) is 2. The molecule has 1 aliphatic carbocycles. The molecule has 1 saturated carbocycles. The minimum absolute atomic E-state index is 0.155. The van der Waals surface area contributed by atoms with E-state index in [9.17, 15) is 14.4 Å². The van der Waals surface area contributed by atoms with Crippen LogP contribution < -0.4 is 16.2 Å². The fourth-order valence-corrected chi connectivity index (χ4v) is 5.63. The van der Waals surface area contributed by atoms with Crippen molar-refractivity contribution in [2.45, 2.75) is 12.5 Å². The Hall–Kier alpha value is -4.44. The molecule has 40 heavy (non-hydrogen) atoms. The summed E-state index contributed by atoms with van der Waals surface area (Å²) < 4.78 is 6.20. The number of rotatable bonds is 6. The van der Waals surface area contributed by atoms with Crippen LogP contribution in [-0.2, 0) is 23.0 Å². The summed E-state index contributed by atoms with van der Waals surface area (Å²) in [6.45, 7) is 1.25. The maximum atomic E-state index is 13.1. The van der Waals surface area contributed by atoms with E-state index in [0.717, 1.165) is 10.9 Å². The largest absolute Gasteiger partial charge is 0.469 e. The number of methoxy groups -OCH3 is 1. The number of benzene rings is 2. The number of anilines is 2. The number of pyridine rings is 1. The highest BCUT2D eigenvalue weighted by atomic mass is 35.5. The van der Waals surface area contributed by atoms with E-state index < -0.39 is 0 Å². The second-order valence-corrected chi connectivity index (χ2v) is 10.6. The number of piperidine rings is 1. The van der Waals surface area contributed by atoms with Gasteiger partial charge in [0.05, 0.1) is 13.5 Å². The van der Waals surface area contributed by atoms with Crippen LogP contribution in [0.1, 0.15) is 5.56 Å². The lowest BCUT2D eigenvalue weighted by Gasteiger charge is -2.21. The number of carbonyl (C=O) groups is 2. The van der Waals surface area contributed by atoms with Crippen LogP contribution in [0.5, 0.6) is 0 Å². The number of esters is 1. The fourth-order valence-electron chi connectivity index (χ4n) is 5.39. The summed E-state index contributed by atoms with van der Waals surface area (Å²) in [5, 5.41) is 7.56. The van der Waals surface area contributed by atoms with Gasteiger partial charge in [-0.3, -0.25) is 14.2 Å². The van der Waals surface area contributed by atoms with E-state index in [1.54, 1.807) is 54.5 Å². The molecule has 10 nitrogen and oxygen atoms in total. The normalized spacial score (nSPS) is 19.3. The smallest absolute Gasteiger partial charge is 0.321 e. The first-order chi connectivity index (χ1) is 19.3. The van der Waals surface area contributed by atoms with Gasteiger partial charge in [0.2, 0.25) is 5.95 Å². The van der Waals surface area contributed by atoms with Gasteiger partial charge in [0.25, 0.3) is 5.56 Å². The van der Waals surface area contributed by atoms with E-state index in [4.69, 9.17) is 11.6 Å². The molecule has 204 valence electrons. The maximum absolute atomic E-state index is 13.1. The molecule has 2 amide bonds. The molecule has 0 radical (unpaired) electrons. The predicted octanol–water partition coefficient (Wildman–Crippen LogP) is 3.94. The molecule has 2 N–H and O–H groups in total. The number of amides is 2. The van der Waals surface area contributed by atoms with Crippen LogP contribution in [0.4, 0.5) is 16.4 Å². The van der Waals surface area contributed by atoms with Crippen molar-refractivity contribution in [1.82, 2.24) is 19.4 Å². The highest BCUT2D eigenvalue weighted by molar-refractivity contribution is 6.33. The number of ether oxygens (including phenoxy) is 1. The second kappa shape index (κ2) is 10.3. The Morgan fingerprint density at radius 2 is 1.80 bits per heavy atom. The zero-order valence-corrected chi connectivity index (χ0v) is 22.7.